The molecule has 6 heteroatoms. The molecule has 3 rings (SSSR count). The van der Waals surface area contributed by atoms with Crippen molar-refractivity contribution in [3.63, 3.8) is 0 Å². The standard InChI is InChI=1S/C25H34N2O4/c1-18(15-23(28)31-5)12-13-25(29)21-11-7-6-10-20(21)22(16-24(25,2)3)26-27-14-8-9-19(27)17-30-4/h6-7,10-13,15,19,29H,8-9,14,16-17H2,1-5H3/b13-12+,18-15-,26-22+/t19-,25-/m1/s1. The first-order valence-corrected chi connectivity index (χ1v) is 10.8. The molecule has 2 aliphatic rings. The van der Waals surface area contributed by atoms with E-state index in [9.17, 15) is 9.90 Å². The molecule has 1 aliphatic carbocycles. The highest BCUT2D eigenvalue weighted by atomic mass is 16.5. The van der Waals surface area contributed by atoms with Crippen molar-refractivity contribution in [2.75, 3.05) is 27.4 Å². The lowest BCUT2D eigenvalue weighted by Crippen LogP contribution is -2.47. The summed E-state index contributed by atoms with van der Waals surface area (Å²) in [5.74, 6) is -0.414. The average molecular weight is 427 g/mol. The van der Waals surface area contributed by atoms with Crippen LogP contribution in [0.1, 0.15) is 51.2 Å². The molecule has 1 saturated heterocycles. The lowest BCUT2D eigenvalue weighted by molar-refractivity contribution is -0.134. The van der Waals surface area contributed by atoms with Gasteiger partial charge in [0.25, 0.3) is 0 Å². The van der Waals surface area contributed by atoms with Crippen molar-refractivity contribution >= 4 is 11.7 Å². The molecule has 1 aliphatic heterocycles. The predicted octanol–water partition coefficient (Wildman–Crippen LogP) is 3.79. The molecule has 0 spiro atoms. The molecule has 1 aromatic carbocycles. The molecule has 0 saturated carbocycles. The molecular weight excluding hydrogens is 392 g/mol. The zero-order chi connectivity index (χ0) is 22.6. The lowest BCUT2D eigenvalue weighted by atomic mass is 9.62. The third-order valence-electron chi connectivity index (χ3n) is 6.38. The van der Waals surface area contributed by atoms with Crippen LogP contribution in [0.3, 0.4) is 0 Å². The number of nitrogens with zero attached hydrogens (tertiary/aromatic N) is 2. The fraction of sp³-hybridized carbons (Fsp3) is 0.520. The van der Waals surface area contributed by atoms with Gasteiger partial charge in [-0.1, -0.05) is 44.2 Å². The van der Waals surface area contributed by atoms with E-state index in [4.69, 9.17) is 14.6 Å². The molecule has 1 fully saturated rings. The van der Waals surface area contributed by atoms with Gasteiger partial charge in [0.2, 0.25) is 0 Å². The van der Waals surface area contributed by atoms with Crippen molar-refractivity contribution in [2.24, 2.45) is 10.5 Å². The van der Waals surface area contributed by atoms with E-state index in [2.05, 4.69) is 18.9 Å². The fourth-order valence-electron chi connectivity index (χ4n) is 4.50. The van der Waals surface area contributed by atoms with Crippen LogP contribution in [0.25, 0.3) is 0 Å². The normalized spacial score (nSPS) is 27.0. The Labute approximate surface area is 185 Å². The monoisotopic (exact) mass is 426 g/mol. The molecule has 31 heavy (non-hydrogen) atoms. The van der Waals surface area contributed by atoms with Crippen molar-refractivity contribution < 1.29 is 19.4 Å². The molecular formula is C25H34N2O4. The van der Waals surface area contributed by atoms with Crippen LogP contribution in [-0.4, -0.2) is 55.2 Å². The minimum absolute atomic E-state index is 0.291. The second-order valence-electron chi connectivity index (χ2n) is 9.08. The Kier molecular flexibility index (Phi) is 7.02. The maximum Gasteiger partial charge on any atom is 0.330 e. The van der Waals surface area contributed by atoms with Gasteiger partial charge in [-0.05, 0) is 37.0 Å². The number of allylic oxidation sites excluding steroid dienone is 2. The number of benzene rings is 1. The second-order valence-corrected chi connectivity index (χ2v) is 9.08. The fourth-order valence-corrected chi connectivity index (χ4v) is 4.50. The summed E-state index contributed by atoms with van der Waals surface area (Å²) in [6.07, 6.45) is 7.80. The van der Waals surface area contributed by atoms with Crippen LogP contribution < -0.4 is 0 Å². The van der Waals surface area contributed by atoms with Gasteiger partial charge < -0.3 is 14.6 Å². The molecule has 0 radical (unpaired) electrons. The summed E-state index contributed by atoms with van der Waals surface area (Å²) in [4.78, 5) is 11.5. The number of aliphatic hydroxyl groups is 1. The van der Waals surface area contributed by atoms with Gasteiger partial charge in [-0.25, -0.2) is 4.79 Å². The zero-order valence-corrected chi connectivity index (χ0v) is 19.2. The summed E-state index contributed by atoms with van der Waals surface area (Å²) in [6, 6.07) is 8.21. The van der Waals surface area contributed by atoms with Crippen LogP contribution in [0.4, 0.5) is 0 Å². The summed E-state index contributed by atoms with van der Waals surface area (Å²) < 4.78 is 10.1. The first-order chi connectivity index (χ1) is 14.7. The Hall–Kier alpha value is -2.44. The zero-order valence-electron chi connectivity index (χ0n) is 19.2. The number of hydrazone groups is 1. The van der Waals surface area contributed by atoms with Crippen LogP contribution >= 0.6 is 0 Å². The van der Waals surface area contributed by atoms with Gasteiger partial charge in [0.15, 0.2) is 0 Å². The maximum absolute atomic E-state index is 11.9. The van der Waals surface area contributed by atoms with E-state index >= 15 is 0 Å². The third kappa shape index (κ3) is 4.75. The highest BCUT2D eigenvalue weighted by molar-refractivity contribution is 6.04. The molecule has 0 aromatic heterocycles. The lowest BCUT2D eigenvalue weighted by Gasteiger charge is -2.46. The first kappa shape index (κ1) is 23.2. The van der Waals surface area contributed by atoms with Gasteiger partial charge in [-0.3, -0.25) is 5.01 Å². The molecule has 6 nitrogen and oxygen atoms in total. The van der Waals surface area contributed by atoms with Gasteiger partial charge in [0.1, 0.15) is 5.60 Å². The molecule has 0 bridgehead atoms. The quantitative estimate of drug-likeness (QED) is 0.426. The Morgan fingerprint density at radius 2 is 2.06 bits per heavy atom. The van der Waals surface area contributed by atoms with Crippen molar-refractivity contribution in [3.05, 3.63) is 59.2 Å². The van der Waals surface area contributed by atoms with Crippen LogP contribution in [0.2, 0.25) is 0 Å². The Morgan fingerprint density at radius 1 is 1.32 bits per heavy atom. The van der Waals surface area contributed by atoms with E-state index < -0.39 is 17.0 Å². The van der Waals surface area contributed by atoms with E-state index in [1.54, 1.807) is 19.3 Å². The average Bonchev–Trinajstić information content (AvgIpc) is 3.17. The third-order valence-corrected chi connectivity index (χ3v) is 6.38. The second kappa shape index (κ2) is 9.37. The first-order valence-electron chi connectivity index (χ1n) is 10.8. The molecule has 1 aromatic rings. The SMILES string of the molecule is COC[C@H]1CCCN1/N=C1\CC(C)(C)[C@@](O)(/C=C/C(C)=C\C(=O)OC)c2ccccc21. The molecule has 1 N–H and O–H groups in total. The molecule has 2 atom stereocenters. The van der Waals surface area contributed by atoms with Gasteiger partial charge in [-0.2, -0.15) is 5.10 Å². The number of hydrogen-bond acceptors (Lipinski definition) is 6. The highest BCUT2D eigenvalue weighted by Crippen LogP contribution is 2.49. The molecule has 1 heterocycles. The Balaban J connectivity index is 2.01. The van der Waals surface area contributed by atoms with E-state index in [1.807, 2.05) is 31.2 Å². The number of methoxy groups -OCH3 is 2. The summed E-state index contributed by atoms with van der Waals surface area (Å²) in [5.41, 5.74) is 1.79. The molecule has 0 amide bonds. The summed E-state index contributed by atoms with van der Waals surface area (Å²) in [6.45, 7) is 7.51. The number of hydrogen-bond donors (Lipinski definition) is 1. The maximum atomic E-state index is 11.9. The van der Waals surface area contributed by atoms with Gasteiger partial charge in [-0.15, -0.1) is 0 Å². The number of ether oxygens (including phenoxy) is 2. The van der Waals surface area contributed by atoms with Gasteiger partial charge >= 0.3 is 5.97 Å². The van der Waals surface area contributed by atoms with E-state index in [0.29, 0.717) is 24.6 Å². The molecule has 168 valence electrons. The minimum atomic E-state index is -1.20. The van der Waals surface area contributed by atoms with Gasteiger partial charge in [0.05, 0.1) is 25.5 Å². The minimum Gasteiger partial charge on any atom is -0.466 e. The number of carbonyl (C=O) groups excluding carboxylic acids is 1. The number of esters is 1. The van der Waals surface area contributed by atoms with Crippen molar-refractivity contribution in [3.8, 4) is 0 Å². The summed E-state index contributed by atoms with van der Waals surface area (Å²) >= 11 is 0. The van der Waals surface area contributed by atoms with E-state index in [1.165, 1.54) is 13.2 Å². The number of fused-ring (bicyclic) bond motifs is 1. The van der Waals surface area contributed by atoms with Crippen molar-refractivity contribution in [1.29, 1.82) is 0 Å². The van der Waals surface area contributed by atoms with Crippen LogP contribution in [-0.2, 0) is 19.9 Å². The smallest absolute Gasteiger partial charge is 0.330 e. The molecule has 0 unspecified atom stereocenters. The predicted molar refractivity (Wildman–Crippen MR) is 122 cm³/mol. The van der Waals surface area contributed by atoms with Gasteiger partial charge in [0, 0.05) is 37.1 Å². The highest BCUT2D eigenvalue weighted by Gasteiger charge is 2.49. The van der Waals surface area contributed by atoms with E-state index in [-0.39, 0.29) is 0 Å². The summed E-state index contributed by atoms with van der Waals surface area (Å²) in [7, 11) is 3.08. The van der Waals surface area contributed by atoms with Crippen molar-refractivity contribution in [1.82, 2.24) is 5.01 Å². The number of carbonyl (C=O) groups is 1. The van der Waals surface area contributed by atoms with Crippen molar-refractivity contribution in [2.45, 2.75) is 51.7 Å². The van der Waals surface area contributed by atoms with Crippen LogP contribution in [0, 0.1) is 5.41 Å². The Bertz CT molecular complexity index is 903. The van der Waals surface area contributed by atoms with Crippen LogP contribution in [0.15, 0.2) is 53.2 Å². The topological polar surface area (TPSA) is 71.4 Å². The number of rotatable bonds is 6. The van der Waals surface area contributed by atoms with Crippen LogP contribution in [0.5, 0.6) is 0 Å². The summed E-state index contributed by atoms with van der Waals surface area (Å²) in [5, 5.41) is 19.1. The largest absolute Gasteiger partial charge is 0.466 e. The Morgan fingerprint density at radius 3 is 2.77 bits per heavy atom. The van der Waals surface area contributed by atoms with E-state index in [0.717, 1.165) is 36.2 Å².